The highest BCUT2D eigenvalue weighted by atomic mass is 32.2. The van der Waals surface area contributed by atoms with Gasteiger partial charge in [-0.25, -0.2) is 0 Å². The lowest BCUT2D eigenvalue weighted by molar-refractivity contribution is -0.153. The molecule has 1 N–H and O–H groups in total. The maximum atomic E-state index is 11.4. The van der Waals surface area contributed by atoms with Crippen molar-refractivity contribution >= 4 is 17.7 Å². The molecule has 1 rings (SSSR count). The second-order valence-electron chi connectivity index (χ2n) is 5.27. The first kappa shape index (κ1) is 13.8. The van der Waals surface area contributed by atoms with Crippen molar-refractivity contribution in [2.24, 2.45) is 5.92 Å². The fourth-order valence-electron chi connectivity index (χ4n) is 1.71. The third-order valence-electron chi connectivity index (χ3n) is 2.46. The number of thioether (sulfide) groups is 1. The van der Waals surface area contributed by atoms with E-state index in [4.69, 9.17) is 4.74 Å². The minimum absolute atomic E-state index is 0.155. The van der Waals surface area contributed by atoms with Crippen LogP contribution in [-0.2, 0) is 9.53 Å². The Balaban J connectivity index is 2.08. The number of ether oxygens (including phenoxy) is 1. The molecule has 0 aliphatic carbocycles. The first-order valence-electron chi connectivity index (χ1n) is 5.98. The second kappa shape index (κ2) is 6.50. The minimum Gasteiger partial charge on any atom is -0.459 e. The maximum Gasteiger partial charge on any atom is 0.320 e. The summed E-state index contributed by atoms with van der Waals surface area (Å²) >= 11 is 2.03. The highest BCUT2D eigenvalue weighted by molar-refractivity contribution is 7.99. The molecule has 3 nitrogen and oxygen atoms in total. The van der Waals surface area contributed by atoms with Gasteiger partial charge >= 0.3 is 5.97 Å². The van der Waals surface area contributed by atoms with Crippen molar-refractivity contribution in [3.63, 3.8) is 0 Å². The van der Waals surface area contributed by atoms with Gasteiger partial charge in [-0.3, -0.25) is 4.79 Å². The molecule has 4 heteroatoms. The van der Waals surface area contributed by atoms with Crippen LogP contribution >= 0.6 is 11.8 Å². The average Bonchev–Trinajstić information content (AvgIpc) is 2.16. The Morgan fingerprint density at radius 3 is 2.56 bits per heavy atom. The molecule has 0 amide bonds. The van der Waals surface area contributed by atoms with Gasteiger partial charge in [0, 0.05) is 0 Å². The number of hydrogen-bond acceptors (Lipinski definition) is 4. The Hall–Kier alpha value is -0.220. The summed E-state index contributed by atoms with van der Waals surface area (Å²) in [5.41, 5.74) is -0.375. The number of nitrogens with one attached hydrogen (secondary N) is 1. The zero-order valence-corrected chi connectivity index (χ0v) is 11.4. The summed E-state index contributed by atoms with van der Waals surface area (Å²) < 4.78 is 5.22. The van der Waals surface area contributed by atoms with Crippen molar-refractivity contribution in [3.8, 4) is 0 Å². The van der Waals surface area contributed by atoms with E-state index in [0.717, 1.165) is 12.5 Å². The number of carbonyl (C=O) groups excluding carboxylic acids is 1. The lowest BCUT2D eigenvalue weighted by Crippen LogP contribution is -2.34. The fraction of sp³-hybridized carbons (Fsp3) is 0.917. The van der Waals surface area contributed by atoms with Crippen LogP contribution < -0.4 is 5.32 Å². The second-order valence-corrected chi connectivity index (χ2v) is 6.50. The van der Waals surface area contributed by atoms with Crippen LogP contribution in [0, 0.1) is 5.92 Å². The van der Waals surface area contributed by atoms with Crippen molar-refractivity contribution in [3.05, 3.63) is 0 Å². The third-order valence-corrected chi connectivity index (χ3v) is 3.51. The molecule has 0 unspecified atom stereocenters. The summed E-state index contributed by atoms with van der Waals surface area (Å²) in [7, 11) is 0. The van der Waals surface area contributed by atoms with E-state index in [1.54, 1.807) is 0 Å². The maximum absolute atomic E-state index is 11.4. The van der Waals surface area contributed by atoms with Crippen LogP contribution in [0.1, 0.15) is 33.6 Å². The van der Waals surface area contributed by atoms with Gasteiger partial charge in [0.2, 0.25) is 0 Å². The Bertz CT molecular complexity index is 220. The largest absolute Gasteiger partial charge is 0.459 e. The van der Waals surface area contributed by atoms with E-state index in [-0.39, 0.29) is 11.6 Å². The van der Waals surface area contributed by atoms with Gasteiger partial charge < -0.3 is 10.1 Å². The summed E-state index contributed by atoms with van der Waals surface area (Å²) in [6, 6.07) is 0. The van der Waals surface area contributed by atoms with E-state index in [9.17, 15) is 4.79 Å². The molecule has 94 valence electrons. The van der Waals surface area contributed by atoms with Crippen molar-refractivity contribution in [2.45, 2.75) is 39.2 Å². The first-order valence-corrected chi connectivity index (χ1v) is 7.13. The van der Waals surface area contributed by atoms with Crippen LogP contribution in [0.15, 0.2) is 0 Å². The molecule has 1 saturated heterocycles. The van der Waals surface area contributed by atoms with E-state index in [2.05, 4.69) is 5.32 Å². The van der Waals surface area contributed by atoms with Crippen LogP contribution in [0.4, 0.5) is 0 Å². The van der Waals surface area contributed by atoms with Crippen LogP contribution in [0.3, 0.4) is 0 Å². The number of esters is 1. The highest BCUT2D eigenvalue weighted by Crippen LogP contribution is 2.21. The van der Waals surface area contributed by atoms with Gasteiger partial charge in [0.15, 0.2) is 0 Å². The average molecular weight is 245 g/mol. The Labute approximate surface area is 103 Å². The number of rotatable bonds is 4. The quantitative estimate of drug-likeness (QED) is 0.770. The van der Waals surface area contributed by atoms with Gasteiger partial charge in [-0.2, -0.15) is 11.8 Å². The van der Waals surface area contributed by atoms with Crippen LogP contribution in [-0.4, -0.2) is 36.2 Å². The lowest BCUT2D eigenvalue weighted by atomic mass is 10.0. The summed E-state index contributed by atoms with van der Waals surface area (Å²) in [6.45, 7) is 6.95. The molecule has 0 radical (unpaired) electrons. The van der Waals surface area contributed by atoms with E-state index in [1.165, 1.54) is 24.3 Å². The van der Waals surface area contributed by atoms with Gasteiger partial charge in [-0.05, 0) is 57.6 Å². The molecule has 0 saturated carbocycles. The Kier molecular flexibility index (Phi) is 5.62. The first-order chi connectivity index (χ1) is 7.47. The predicted octanol–water partition coefficient (Wildman–Crippen LogP) is 2.06. The molecule has 0 spiro atoms. The van der Waals surface area contributed by atoms with Gasteiger partial charge in [0.25, 0.3) is 0 Å². The van der Waals surface area contributed by atoms with Crippen molar-refractivity contribution in [1.29, 1.82) is 0 Å². The van der Waals surface area contributed by atoms with Crippen molar-refractivity contribution < 1.29 is 9.53 Å². The predicted molar refractivity (Wildman–Crippen MR) is 68.8 cm³/mol. The SMILES string of the molecule is CC(C)(C)OC(=O)CNCC1CCSCC1. The Morgan fingerprint density at radius 2 is 2.00 bits per heavy atom. The standard InChI is InChI=1S/C12H23NO2S/c1-12(2,3)15-11(14)9-13-8-10-4-6-16-7-5-10/h10,13H,4-9H2,1-3H3. The zero-order chi connectivity index (χ0) is 12.0. The normalized spacial score (nSPS) is 18.4. The minimum atomic E-state index is -0.375. The van der Waals surface area contributed by atoms with E-state index in [1.807, 2.05) is 32.5 Å². The van der Waals surface area contributed by atoms with E-state index in [0.29, 0.717) is 6.54 Å². The zero-order valence-electron chi connectivity index (χ0n) is 10.5. The van der Waals surface area contributed by atoms with Crippen molar-refractivity contribution in [2.75, 3.05) is 24.6 Å². The smallest absolute Gasteiger partial charge is 0.320 e. The van der Waals surface area contributed by atoms with Gasteiger partial charge in [-0.1, -0.05) is 0 Å². The molecule has 0 aromatic rings. The summed E-state index contributed by atoms with van der Waals surface area (Å²) in [4.78, 5) is 11.4. The van der Waals surface area contributed by atoms with E-state index >= 15 is 0 Å². The topological polar surface area (TPSA) is 38.3 Å². The summed E-state index contributed by atoms with van der Waals surface area (Å²) in [5.74, 6) is 3.11. The van der Waals surface area contributed by atoms with Crippen molar-refractivity contribution in [1.82, 2.24) is 5.32 Å². The molecule has 0 bridgehead atoms. The monoisotopic (exact) mass is 245 g/mol. The van der Waals surface area contributed by atoms with Gasteiger partial charge in [0.05, 0.1) is 6.54 Å². The van der Waals surface area contributed by atoms with Crippen LogP contribution in [0.25, 0.3) is 0 Å². The molecule has 1 heterocycles. The molecule has 0 atom stereocenters. The van der Waals surface area contributed by atoms with E-state index < -0.39 is 0 Å². The lowest BCUT2D eigenvalue weighted by Gasteiger charge is -2.22. The molecule has 16 heavy (non-hydrogen) atoms. The Morgan fingerprint density at radius 1 is 1.38 bits per heavy atom. The summed E-state index contributed by atoms with van der Waals surface area (Å²) in [6.07, 6.45) is 2.54. The van der Waals surface area contributed by atoms with Crippen LogP contribution in [0.2, 0.25) is 0 Å². The molecule has 0 aromatic carbocycles. The molecule has 1 aliphatic heterocycles. The number of hydrogen-bond donors (Lipinski definition) is 1. The third kappa shape index (κ3) is 6.38. The molecule has 1 fully saturated rings. The fourth-order valence-corrected chi connectivity index (χ4v) is 2.91. The summed E-state index contributed by atoms with van der Waals surface area (Å²) in [5, 5.41) is 3.19. The molecule has 0 aromatic heterocycles. The molecule has 1 aliphatic rings. The highest BCUT2D eigenvalue weighted by Gasteiger charge is 2.17. The number of carbonyl (C=O) groups is 1. The van der Waals surface area contributed by atoms with Gasteiger partial charge in [0.1, 0.15) is 5.60 Å². The van der Waals surface area contributed by atoms with Gasteiger partial charge in [-0.15, -0.1) is 0 Å². The van der Waals surface area contributed by atoms with Crippen LogP contribution in [0.5, 0.6) is 0 Å². The molecular weight excluding hydrogens is 222 g/mol. The molecular formula is C12H23NO2S.